The molecule has 0 fully saturated rings. The molecule has 1 heterocycles. The van der Waals surface area contributed by atoms with E-state index in [1.54, 1.807) is 11.3 Å². The SMILES string of the molecule is CCCOc1ccccc1C(N)c1cc(Br)cs1. The Morgan fingerprint density at radius 2 is 2.17 bits per heavy atom. The highest BCUT2D eigenvalue weighted by Gasteiger charge is 2.15. The number of halogens is 1. The molecule has 0 aliphatic carbocycles. The first-order valence-electron chi connectivity index (χ1n) is 5.93. The van der Waals surface area contributed by atoms with Crippen LogP contribution in [0.1, 0.15) is 29.8 Å². The van der Waals surface area contributed by atoms with E-state index in [9.17, 15) is 0 Å². The van der Waals surface area contributed by atoms with Crippen LogP contribution in [0.5, 0.6) is 5.75 Å². The third-order valence-corrected chi connectivity index (χ3v) is 4.39. The summed E-state index contributed by atoms with van der Waals surface area (Å²) >= 11 is 5.11. The van der Waals surface area contributed by atoms with Crippen LogP contribution in [0.25, 0.3) is 0 Å². The van der Waals surface area contributed by atoms with E-state index in [1.165, 1.54) is 0 Å². The molecule has 2 N–H and O–H groups in total. The minimum atomic E-state index is -0.130. The highest BCUT2D eigenvalue weighted by atomic mass is 79.9. The zero-order chi connectivity index (χ0) is 13.0. The van der Waals surface area contributed by atoms with Crippen molar-refractivity contribution >= 4 is 27.3 Å². The fourth-order valence-corrected chi connectivity index (χ4v) is 3.19. The number of hydrogen-bond donors (Lipinski definition) is 1. The highest BCUT2D eigenvalue weighted by molar-refractivity contribution is 9.10. The van der Waals surface area contributed by atoms with E-state index < -0.39 is 0 Å². The van der Waals surface area contributed by atoms with Gasteiger partial charge in [-0.05, 0) is 34.5 Å². The summed E-state index contributed by atoms with van der Waals surface area (Å²) in [6, 6.07) is 9.92. The second kappa shape index (κ2) is 6.36. The van der Waals surface area contributed by atoms with Crippen LogP contribution in [0.2, 0.25) is 0 Å². The summed E-state index contributed by atoms with van der Waals surface area (Å²) in [6.45, 7) is 2.82. The van der Waals surface area contributed by atoms with Crippen molar-refractivity contribution in [1.82, 2.24) is 0 Å². The molecule has 0 saturated heterocycles. The molecule has 0 aliphatic heterocycles. The molecule has 0 spiro atoms. The first-order chi connectivity index (χ1) is 8.72. The monoisotopic (exact) mass is 325 g/mol. The van der Waals surface area contributed by atoms with Crippen LogP contribution >= 0.6 is 27.3 Å². The Morgan fingerprint density at radius 3 is 2.83 bits per heavy atom. The number of nitrogens with two attached hydrogens (primary N) is 1. The average molecular weight is 326 g/mol. The van der Waals surface area contributed by atoms with Crippen molar-refractivity contribution in [2.45, 2.75) is 19.4 Å². The smallest absolute Gasteiger partial charge is 0.124 e. The fourth-order valence-electron chi connectivity index (χ4n) is 1.73. The minimum absolute atomic E-state index is 0.130. The Labute approximate surface area is 120 Å². The van der Waals surface area contributed by atoms with Gasteiger partial charge in [0.25, 0.3) is 0 Å². The van der Waals surface area contributed by atoms with E-state index in [4.69, 9.17) is 10.5 Å². The molecule has 0 bridgehead atoms. The van der Waals surface area contributed by atoms with Crippen LogP contribution in [-0.4, -0.2) is 6.61 Å². The van der Waals surface area contributed by atoms with E-state index >= 15 is 0 Å². The molecule has 1 aromatic carbocycles. The van der Waals surface area contributed by atoms with Crippen molar-refractivity contribution in [1.29, 1.82) is 0 Å². The molecule has 1 aromatic heterocycles. The maximum Gasteiger partial charge on any atom is 0.124 e. The zero-order valence-electron chi connectivity index (χ0n) is 10.2. The molecular formula is C14H16BrNOS. The van der Waals surface area contributed by atoms with Gasteiger partial charge in [-0.15, -0.1) is 11.3 Å². The summed E-state index contributed by atoms with van der Waals surface area (Å²) in [4.78, 5) is 1.13. The molecule has 18 heavy (non-hydrogen) atoms. The predicted octanol–water partition coefficient (Wildman–Crippen LogP) is 4.35. The van der Waals surface area contributed by atoms with Gasteiger partial charge in [0.1, 0.15) is 5.75 Å². The van der Waals surface area contributed by atoms with Crippen LogP contribution in [0.3, 0.4) is 0 Å². The summed E-state index contributed by atoms with van der Waals surface area (Å²) in [5.41, 5.74) is 7.35. The molecule has 1 atom stereocenters. The largest absolute Gasteiger partial charge is 0.493 e. The van der Waals surface area contributed by atoms with Gasteiger partial charge in [0, 0.05) is 20.3 Å². The predicted molar refractivity (Wildman–Crippen MR) is 80.3 cm³/mol. The average Bonchev–Trinajstić information content (AvgIpc) is 2.82. The van der Waals surface area contributed by atoms with Crippen LogP contribution in [-0.2, 0) is 0 Å². The molecule has 4 heteroatoms. The molecule has 96 valence electrons. The van der Waals surface area contributed by atoms with Crippen LogP contribution in [0, 0.1) is 0 Å². The standard InChI is InChI=1S/C14H16BrNOS/c1-2-7-17-12-6-4-3-5-11(12)14(16)13-8-10(15)9-18-13/h3-6,8-9,14H,2,7,16H2,1H3. The first kappa shape index (κ1) is 13.6. The van der Waals surface area contributed by atoms with Gasteiger partial charge in [0.15, 0.2) is 0 Å². The van der Waals surface area contributed by atoms with Crippen molar-refractivity contribution in [2.75, 3.05) is 6.61 Å². The van der Waals surface area contributed by atoms with Crippen molar-refractivity contribution in [2.24, 2.45) is 5.73 Å². The minimum Gasteiger partial charge on any atom is -0.493 e. The Kier molecular flexibility index (Phi) is 4.80. The fraction of sp³-hybridized carbons (Fsp3) is 0.286. The second-order valence-corrected chi connectivity index (χ2v) is 5.89. The maximum atomic E-state index is 6.31. The summed E-state index contributed by atoms with van der Waals surface area (Å²) in [7, 11) is 0. The zero-order valence-corrected chi connectivity index (χ0v) is 12.6. The van der Waals surface area contributed by atoms with E-state index in [1.807, 2.05) is 29.6 Å². The number of hydrogen-bond acceptors (Lipinski definition) is 3. The molecule has 0 saturated carbocycles. The molecular weight excluding hydrogens is 310 g/mol. The number of para-hydroxylation sites is 1. The van der Waals surface area contributed by atoms with Gasteiger partial charge in [0.2, 0.25) is 0 Å². The quantitative estimate of drug-likeness (QED) is 0.887. The van der Waals surface area contributed by atoms with Gasteiger partial charge < -0.3 is 10.5 Å². The highest BCUT2D eigenvalue weighted by Crippen LogP contribution is 2.32. The second-order valence-electron chi connectivity index (χ2n) is 4.03. The van der Waals surface area contributed by atoms with Crippen molar-refractivity contribution in [3.8, 4) is 5.75 Å². The molecule has 0 amide bonds. The van der Waals surface area contributed by atoms with Gasteiger partial charge in [0.05, 0.1) is 12.6 Å². The van der Waals surface area contributed by atoms with Crippen LogP contribution in [0.15, 0.2) is 40.2 Å². The molecule has 0 radical (unpaired) electrons. The Bertz CT molecular complexity index is 512. The Balaban J connectivity index is 2.26. The van der Waals surface area contributed by atoms with E-state index in [2.05, 4.69) is 28.9 Å². The Hall–Kier alpha value is -0.840. The summed E-state index contributed by atoms with van der Waals surface area (Å²) in [5, 5.41) is 2.05. The number of ether oxygens (including phenoxy) is 1. The number of benzene rings is 1. The van der Waals surface area contributed by atoms with E-state index in [-0.39, 0.29) is 6.04 Å². The van der Waals surface area contributed by atoms with Crippen molar-refractivity contribution < 1.29 is 4.74 Å². The van der Waals surface area contributed by atoms with Crippen LogP contribution in [0.4, 0.5) is 0 Å². The lowest BCUT2D eigenvalue weighted by atomic mass is 10.1. The summed E-state index contributed by atoms with van der Waals surface area (Å²) < 4.78 is 6.82. The molecule has 2 aromatic rings. The normalized spacial score (nSPS) is 12.4. The molecule has 1 unspecified atom stereocenters. The summed E-state index contributed by atoms with van der Waals surface area (Å²) in [5.74, 6) is 0.886. The number of rotatable bonds is 5. The lowest BCUT2D eigenvalue weighted by molar-refractivity contribution is 0.313. The van der Waals surface area contributed by atoms with Gasteiger partial charge in [-0.2, -0.15) is 0 Å². The van der Waals surface area contributed by atoms with Crippen molar-refractivity contribution in [3.05, 3.63) is 50.6 Å². The van der Waals surface area contributed by atoms with Crippen LogP contribution < -0.4 is 10.5 Å². The summed E-state index contributed by atoms with van der Waals surface area (Å²) in [6.07, 6.45) is 0.994. The third kappa shape index (κ3) is 3.13. The lowest BCUT2D eigenvalue weighted by Crippen LogP contribution is -2.12. The van der Waals surface area contributed by atoms with Gasteiger partial charge >= 0.3 is 0 Å². The van der Waals surface area contributed by atoms with Gasteiger partial charge in [-0.25, -0.2) is 0 Å². The molecule has 2 rings (SSSR count). The lowest BCUT2D eigenvalue weighted by Gasteiger charge is -2.15. The maximum absolute atomic E-state index is 6.31. The first-order valence-corrected chi connectivity index (χ1v) is 7.61. The van der Waals surface area contributed by atoms with Gasteiger partial charge in [-0.3, -0.25) is 0 Å². The molecule has 0 aliphatic rings. The Morgan fingerprint density at radius 1 is 1.39 bits per heavy atom. The van der Waals surface area contributed by atoms with Gasteiger partial charge in [-0.1, -0.05) is 25.1 Å². The van der Waals surface area contributed by atoms with E-state index in [0.29, 0.717) is 0 Å². The van der Waals surface area contributed by atoms with Crippen molar-refractivity contribution in [3.63, 3.8) is 0 Å². The molecule has 2 nitrogen and oxygen atoms in total. The third-order valence-electron chi connectivity index (χ3n) is 2.61. The van der Waals surface area contributed by atoms with E-state index in [0.717, 1.165) is 33.7 Å². The number of thiophene rings is 1. The topological polar surface area (TPSA) is 35.2 Å².